The first-order valence-electron chi connectivity index (χ1n) is 6.39. The fourth-order valence-corrected chi connectivity index (χ4v) is 2.45. The number of aromatic nitrogens is 1. The van der Waals surface area contributed by atoms with Gasteiger partial charge >= 0.3 is 0 Å². The van der Waals surface area contributed by atoms with Gasteiger partial charge in [-0.3, -0.25) is 0 Å². The molecule has 1 heterocycles. The van der Waals surface area contributed by atoms with E-state index in [-0.39, 0.29) is 11.5 Å². The molecular weight excluding hydrogens is 330 g/mol. The van der Waals surface area contributed by atoms with Crippen molar-refractivity contribution in [3.8, 4) is 11.5 Å². The Kier molecular flexibility index (Phi) is 3.62. The normalized spacial score (nSPS) is 11.3. The minimum Gasteiger partial charge on any atom is -0.507 e. The zero-order valence-corrected chi connectivity index (χ0v) is 12.6. The molecule has 0 fully saturated rings. The lowest BCUT2D eigenvalue weighted by Crippen LogP contribution is -1.84. The first-order chi connectivity index (χ1) is 10.1. The van der Waals surface area contributed by atoms with Gasteiger partial charge in [0.2, 0.25) is 0 Å². The summed E-state index contributed by atoms with van der Waals surface area (Å²) in [5.41, 5.74) is 1.98. The highest BCUT2D eigenvalue weighted by Crippen LogP contribution is 2.25. The maximum absolute atomic E-state index is 9.83. The summed E-state index contributed by atoms with van der Waals surface area (Å²) < 4.78 is 0.893. The number of rotatable bonds is 2. The Morgan fingerprint density at radius 3 is 2.62 bits per heavy atom. The average molecular weight is 342 g/mol. The Labute approximate surface area is 130 Å². The number of phenolic OH excluding ortho intramolecular Hbond substituents is 2. The van der Waals surface area contributed by atoms with Crippen molar-refractivity contribution in [2.24, 2.45) is 0 Å². The van der Waals surface area contributed by atoms with Gasteiger partial charge in [-0.1, -0.05) is 34.1 Å². The highest BCUT2D eigenvalue weighted by molar-refractivity contribution is 9.10. The van der Waals surface area contributed by atoms with Crippen LogP contribution in [0.25, 0.3) is 23.1 Å². The zero-order valence-electron chi connectivity index (χ0n) is 11.0. The van der Waals surface area contributed by atoms with E-state index in [2.05, 4.69) is 20.9 Å². The molecule has 0 saturated carbocycles. The van der Waals surface area contributed by atoms with Gasteiger partial charge < -0.3 is 10.2 Å². The number of para-hydroxylation sites is 1. The summed E-state index contributed by atoms with van der Waals surface area (Å²) in [6.45, 7) is 0. The lowest BCUT2D eigenvalue weighted by atomic mass is 10.1. The standard InChI is InChI=1S/C17H12BrNO2/c18-13-6-9-15(20)12(10-13)5-8-14-7-4-11-2-1-3-16(21)17(11)19-14/h1-10,20-21H/b8-5+. The van der Waals surface area contributed by atoms with Crippen LogP contribution in [0.3, 0.4) is 0 Å². The van der Waals surface area contributed by atoms with Crippen LogP contribution in [0, 0.1) is 0 Å². The van der Waals surface area contributed by atoms with Crippen molar-refractivity contribution in [3.63, 3.8) is 0 Å². The molecular formula is C17H12BrNO2. The summed E-state index contributed by atoms with van der Waals surface area (Å²) in [6.07, 6.45) is 3.58. The smallest absolute Gasteiger partial charge is 0.141 e. The topological polar surface area (TPSA) is 53.4 Å². The zero-order chi connectivity index (χ0) is 14.8. The largest absolute Gasteiger partial charge is 0.507 e. The molecule has 2 aromatic carbocycles. The van der Waals surface area contributed by atoms with Crippen LogP contribution in [0.2, 0.25) is 0 Å². The third-order valence-electron chi connectivity index (χ3n) is 3.14. The fraction of sp³-hybridized carbons (Fsp3) is 0. The number of nitrogens with zero attached hydrogens (tertiary/aromatic N) is 1. The summed E-state index contributed by atoms with van der Waals surface area (Å²) in [5.74, 6) is 0.367. The van der Waals surface area contributed by atoms with Gasteiger partial charge in [-0.15, -0.1) is 0 Å². The van der Waals surface area contributed by atoms with E-state index < -0.39 is 0 Å². The molecule has 0 atom stereocenters. The third-order valence-corrected chi connectivity index (χ3v) is 3.64. The predicted molar refractivity (Wildman–Crippen MR) is 88.1 cm³/mol. The fourth-order valence-electron chi connectivity index (χ4n) is 2.07. The SMILES string of the molecule is Oc1ccc(Br)cc1/C=C/c1ccc2cccc(O)c2n1. The number of benzene rings is 2. The van der Waals surface area contributed by atoms with Gasteiger partial charge in [-0.25, -0.2) is 4.98 Å². The Hall–Kier alpha value is -2.33. The summed E-state index contributed by atoms with van der Waals surface area (Å²) in [4.78, 5) is 4.41. The van der Waals surface area contributed by atoms with Crippen molar-refractivity contribution < 1.29 is 10.2 Å². The minimum absolute atomic E-state index is 0.160. The number of halogens is 1. The van der Waals surface area contributed by atoms with Gasteiger partial charge in [0.05, 0.1) is 5.69 Å². The maximum Gasteiger partial charge on any atom is 0.141 e. The molecule has 4 heteroatoms. The maximum atomic E-state index is 9.83. The second-order valence-electron chi connectivity index (χ2n) is 4.62. The molecule has 0 aliphatic carbocycles. The highest BCUT2D eigenvalue weighted by atomic mass is 79.9. The lowest BCUT2D eigenvalue weighted by molar-refractivity contribution is 0.474. The minimum atomic E-state index is 0.160. The number of hydrogen-bond acceptors (Lipinski definition) is 3. The highest BCUT2D eigenvalue weighted by Gasteiger charge is 2.02. The van der Waals surface area contributed by atoms with Gasteiger partial charge in [-0.05, 0) is 42.5 Å². The first kappa shape index (κ1) is 13.6. The quantitative estimate of drug-likeness (QED) is 0.717. The van der Waals surface area contributed by atoms with Crippen LogP contribution in [-0.4, -0.2) is 15.2 Å². The third kappa shape index (κ3) is 2.90. The molecule has 21 heavy (non-hydrogen) atoms. The van der Waals surface area contributed by atoms with Crippen LogP contribution in [0.15, 0.2) is 53.0 Å². The molecule has 3 aromatic rings. The van der Waals surface area contributed by atoms with Crippen LogP contribution in [0.4, 0.5) is 0 Å². The Balaban J connectivity index is 1.99. The molecule has 3 rings (SSSR count). The predicted octanol–water partition coefficient (Wildman–Crippen LogP) is 4.58. The molecule has 3 nitrogen and oxygen atoms in total. The van der Waals surface area contributed by atoms with E-state index in [9.17, 15) is 10.2 Å². The van der Waals surface area contributed by atoms with Crippen LogP contribution in [0.5, 0.6) is 11.5 Å². The summed E-state index contributed by atoms with van der Waals surface area (Å²) in [5, 5.41) is 20.5. The average Bonchev–Trinajstić information content (AvgIpc) is 2.49. The molecule has 0 amide bonds. The Morgan fingerprint density at radius 2 is 1.76 bits per heavy atom. The second-order valence-corrected chi connectivity index (χ2v) is 5.54. The van der Waals surface area contributed by atoms with Gasteiger partial charge in [0.15, 0.2) is 0 Å². The lowest BCUT2D eigenvalue weighted by Gasteiger charge is -2.02. The van der Waals surface area contributed by atoms with E-state index >= 15 is 0 Å². The molecule has 0 spiro atoms. The van der Waals surface area contributed by atoms with Gasteiger partial charge in [-0.2, -0.15) is 0 Å². The number of pyridine rings is 1. The van der Waals surface area contributed by atoms with Crippen molar-refractivity contribution in [3.05, 3.63) is 64.3 Å². The van der Waals surface area contributed by atoms with Crippen molar-refractivity contribution in [1.82, 2.24) is 4.98 Å². The Bertz CT molecular complexity index is 843. The second kappa shape index (κ2) is 5.58. The van der Waals surface area contributed by atoms with Crippen molar-refractivity contribution >= 4 is 39.0 Å². The van der Waals surface area contributed by atoms with Gasteiger partial charge in [0, 0.05) is 15.4 Å². The number of fused-ring (bicyclic) bond motifs is 1. The van der Waals surface area contributed by atoms with E-state index in [1.54, 1.807) is 36.4 Å². The molecule has 104 valence electrons. The van der Waals surface area contributed by atoms with Crippen LogP contribution in [0.1, 0.15) is 11.3 Å². The van der Waals surface area contributed by atoms with E-state index in [1.165, 1.54) is 0 Å². The molecule has 0 aliphatic rings. The van der Waals surface area contributed by atoms with Crippen LogP contribution in [-0.2, 0) is 0 Å². The summed E-state index contributed by atoms with van der Waals surface area (Å²) in [6, 6.07) is 14.3. The molecule has 0 radical (unpaired) electrons. The van der Waals surface area contributed by atoms with Crippen LogP contribution < -0.4 is 0 Å². The number of aromatic hydroxyl groups is 2. The van der Waals surface area contributed by atoms with E-state index in [4.69, 9.17) is 0 Å². The first-order valence-corrected chi connectivity index (χ1v) is 7.18. The number of hydrogen-bond donors (Lipinski definition) is 2. The molecule has 0 saturated heterocycles. The van der Waals surface area contributed by atoms with Crippen molar-refractivity contribution in [1.29, 1.82) is 0 Å². The molecule has 2 N–H and O–H groups in total. The molecule has 0 aliphatic heterocycles. The molecule has 0 bridgehead atoms. The van der Waals surface area contributed by atoms with E-state index in [0.29, 0.717) is 16.8 Å². The number of phenols is 2. The summed E-state index contributed by atoms with van der Waals surface area (Å²) >= 11 is 3.37. The summed E-state index contributed by atoms with van der Waals surface area (Å²) in [7, 11) is 0. The van der Waals surface area contributed by atoms with Gasteiger partial charge in [0.25, 0.3) is 0 Å². The van der Waals surface area contributed by atoms with Crippen molar-refractivity contribution in [2.45, 2.75) is 0 Å². The van der Waals surface area contributed by atoms with E-state index in [0.717, 1.165) is 9.86 Å². The Morgan fingerprint density at radius 1 is 0.905 bits per heavy atom. The molecule has 1 aromatic heterocycles. The van der Waals surface area contributed by atoms with Crippen LogP contribution >= 0.6 is 15.9 Å². The monoisotopic (exact) mass is 341 g/mol. The van der Waals surface area contributed by atoms with Gasteiger partial charge in [0.1, 0.15) is 17.0 Å². The molecule has 0 unspecified atom stereocenters. The van der Waals surface area contributed by atoms with E-state index in [1.807, 2.05) is 24.3 Å². The van der Waals surface area contributed by atoms with Crippen molar-refractivity contribution in [2.75, 3.05) is 0 Å².